The highest BCUT2D eigenvalue weighted by Gasteiger charge is 2.35. The van der Waals surface area contributed by atoms with Gasteiger partial charge in [-0.15, -0.1) is 11.3 Å². The lowest BCUT2D eigenvalue weighted by Crippen LogP contribution is -2.43. The van der Waals surface area contributed by atoms with Crippen LogP contribution >= 0.6 is 11.3 Å². The van der Waals surface area contributed by atoms with Gasteiger partial charge in [0.2, 0.25) is 0 Å². The predicted octanol–water partition coefficient (Wildman–Crippen LogP) is 4.62. The highest BCUT2D eigenvalue weighted by Crippen LogP contribution is 2.37. The first-order valence-electron chi connectivity index (χ1n) is 8.51. The number of nitrogens with zero attached hydrogens (tertiary/aromatic N) is 2. The van der Waals surface area contributed by atoms with Gasteiger partial charge in [-0.25, -0.2) is 4.98 Å². The summed E-state index contributed by atoms with van der Waals surface area (Å²) in [6, 6.07) is 15.2. The normalized spacial score (nSPS) is 16.2. The van der Waals surface area contributed by atoms with Crippen molar-refractivity contribution in [2.45, 2.75) is 20.0 Å². The molecule has 1 atom stereocenters. The van der Waals surface area contributed by atoms with Gasteiger partial charge in [0.15, 0.2) is 6.17 Å². The second-order valence-corrected chi connectivity index (χ2v) is 7.05. The Morgan fingerprint density at radius 1 is 1.19 bits per heavy atom. The molecule has 26 heavy (non-hydrogen) atoms. The Labute approximate surface area is 156 Å². The molecule has 2 aromatic carbocycles. The molecule has 1 aliphatic rings. The van der Waals surface area contributed by atoms with Gasteiger partial charge < -0.3 is 10.1 Å². The molecular formula is C20H19N3O2S. The van der Waals surface area contributed by atoms with Crippen LogP contribution < -0.4 is 15.0 Å². The SMILES string of the molecule is CCOc1ccc(N2C(=O)c3ccccc3N[C@H]2c2csc(C)n2)cc1. The molecule has 0 unspecified atom stereocenters. The maximum Gasteiger partial charge on any atom is 0.262 e. The lowest BCUT2D eigenvalue weighted by atomic mass is 10.1. The van der Waals surface area contributed by atoms with Gasteiger partial charge in [-0.1, -0.05) is 12.1 Å². The Morgan fingerprint density at radius 3 is 2.65 bits per heavy atom. The first-order valence-corrected chi connectivity index (χ1v) is 9.39. The standard InChI is InChI=1S/C20H19N3O2S/c1-3-25-15-10-8-14(9-11-15)23-19(18-12-26-13(2)21-18)22-17-7-5-4-6-16(17)20(23)24/h4-12,19,22H,3H2,1-2H3/t19-/m1/s1. The first-order chi connectivity index (χ1) is 12.7. The minimum atomic E-state index is -0.347. The number of nitrogens with one attached hydrogen (secondary N) is 1. The smallest absolute Gasteiger partial charge is 0.262 e. The fourth-order valence-corrected chi connectivity index (χ4v) is 3.73. The molecule has 5 nitrogen and oxygen atoms in total. The lowest BCUT2D eigenvalue weighted by molar-refractivity contribution is 0.0974. The van der Waals surface area contributed by atoms with Crippen LogP contribution in [0.3, 0.4) is 0 Å². The highest BCUT2D eigenvalue weighted by atomic mass is 32.1. The van der Waals surface area contributed by atoms with Gasteiger partial charge in [0, 0.05) is 16.8 Å². The average Bonchev–Trinajstić information content (AvgIpc) is 3.09. The van der Waals surface area contributed by atoms with Crippen LogP contribution in [0, 0.1) is 6.92 Å². The average molecular weight is 365 g/mol. The monoisotopic (exact) mass is 365 g/mol. The molecule has 3 aromatic rings. The minimum absolute atomic E-state index is 0.0424. The van der Waals surface area contributed by atoms with Crippen LogP contribution in [-0.4, -0.2) is 17.5 Å². The summed E-state index contributed by atoms with van der Waals surface area (Å²) in [6.07, 6.45) is -0.347. The second-order valence-electron chi connectivity index (χ2n) is 5.99. The molecule has 1 aromatic heterocycles. The topological polar surface area (TPSA) is 54.5 Å². The molecule has 0 saturated carbocycles. The third-order valence-electron chi connectivity index (χ3n) is 4.27. The van der Waals surface area contributed by atoms with E-state index in [2.05, 4.69) is 10.3 Å². The zero-order chi connectivity index (χ0) is 18.1. The maximum atomic E-state index is 13.2. The van der Waals surface area contributed by atoms with E-state index in [1.165, 1.54) is 0 Å². The molecule has 0 aliphatic carbocycles. The number of thiazole rings is 1. The third-order valence-corrected chi connectivity index (χ3v) is 5.06. The van der Waals surface area contributed by atoms with Crippen LogP contribution in [0.15, 0.2) is 53.9 Å². The number of carbonyl (C=O) groups is 1. The molecule has 0 spiro atoms. The van der Waals surface area contributed by atoms with E-state index in [4.69, 9.17) is 4.74 Å². The van der Waals surface area contributed by atoms with Crippen molar-refractivity contribution in [1.29, 1.82) is 0 Å². The van der Waals surface area contributed by atoms with Gasteiger partial charge in [0.05, 0.1) is 22.9 Å². The van der Waals surface area contributed by atoms with E-state index >= 15 is 0 Å². The molecule has 1 N–H and O–H groups in total. The van der Waals surface area contributed by atoms with E-state index in [0.29, 0.717) is 12.2 Å². The van der Waals surface area contributed by atoms with Crippen LogP contribution in [0.25, 0.3) is 0 Å². The predicted molar refractivity (Wildman–Crippen MR) is 104 cm³/mol. The molecular weight excluding hydrogens is 346 g/mol. The molecule has 132 valence electrons. The molecule has 0 bridgehead atoms. The van der Waals surface area contributed by atoms with E-state index in [9.17, 15) is 4.79 Å². The van der Waals surface area contributed by atoms with Crippen molar-refractivity contribution >= 4 is 28.6 Å². The van der Waals surface area contributed by atoms with E-state index in [-0.39, 0.29) is 12.1 Å². The van der Waals surface area contributed by atoms with Crippen molar-refractivity contribution in [3.63, 3.8) is 0 Å². The summed E-state index contributed by atoms with van der Waals surface area (Å²) in [5.41, 5.74) is 3.13. The number of para-hydroxylation sites is 1. The minimum Gasteiger partial charge on any atom is -0.494 e. The zero-order valence-corrected chi connectivity index (χ0v) is 15.4. The summed E-state index contributed by atoms with van der Waals surface area (Å²) in [5.74, 6) is 0.745. The van der Waals surface area contributed by atoms with E-state index < -0.39 is 0 Å². The number of fused-ring (bicyclic) bond motifs is 1. The Bertz CT molecular complexity index is 936. The van der Waals surface area contributed by atoms with Crippen LogP contribution in [-0.2, 0) is 0 Å². The summed E-state index contributed by atoms with van der Waals surface area (Å²) >= 11 is 1.58. The molecule has 1 amide bonds. The number of ether oxygens (including phenoxy) is 1. The number of anilines is 2. The third kappa shape index (κ3) is 2.93. The maximum absolute atomic E-state index is 13.2. The number of aryl methyl sites for hydroxylation is 1. The van der Waals surface area contributed by atoms with Crippen LogP contribution in [0.4, 0.5) is 11.4 Å². The van der Waals surface area contributed by atoms with Crippen LogP contribution in [0.5, 0.6) is 5.75 Å². The highest BCUT2D eigenvalue weighted by molar-refractivity contribution is 7.09. The van der Waals surface area contributed by atoms with Crippen molar-refractivity contribution in [2.24, 2.45) is 0 Å². The number of aromatic nitrogens is 1. The Hall–Kier alpha value is -2.86. The van der Waals surface area contributed by atoms with Gasteiger partial charge >= 0.3 is 0 Å². The van der Waals surface area contributed by atoms with Crippen molar-refractivity contribution in [3.8, 4) is 5.75 Å². The summed E-state index contributed by atoms with van der Waals surface area (Å²) in [6.45, 7) is 4.52. The molecule has 0 radical (unpaired) electrons. The van der Waals surface area contributed by atoms with Gasteiger partial charge in [-0.3, -0.25) is 9.69 Å². The second kappa shape index (κ2) is 6.80. The summed E-state index contributed by atoms with van der Waals surface area (Å²) in [7, 11) is 0. The Balaban J connectivity index is 1.78. The first kappa shape index (κ1) is 16.6. The van der Waals surface area contributed by atoms with Gasteiger partial charge in [0.1, 0.15) is 5.75 Å². The fraction of sp³-hybridized carbons (Fsp3) is 0.200. The number of rotatable bonds is 4. The number of benzene rings is 2. The molecule has 4 rings (SSSR count). The van der Waals surface area contributed by atoms with Crippen molar-refractivity contribution < 1.29 is 9.53 Å². The van der Waals surface area contributed by atoms with Crippen LogP contribution in [0.2, 0.25) is 0 Å². The molecule has 0 saturated heterocycles. The van der Waals surface area contributed by atoms with Gasteiger partial charge in [0.25, 0.3) is 5.91 Å². The fourth-order valence-electron chi connectivity index (χ4n) is 3.10. The van der Waals surface area contributed by atoms with E-state index in [1.54, 1.807) is 16.2 Å². The van der Waals surface area contributed by atoms with E-state index in [0.717, 1.165) is 27.8 Å². The van der Waals surface area contributed by atoms with Crippen LogP contribution in [0.1, 0.15) is 34.1 Å². The quantitative estimate of drug-likeness (QED) is 0.733. The largest absolute Gasteiger partial charge is 0.494 e. The number of hydrogen-bond donors (Lipinski definition) is 1. The number of carbonyl (C=O) groups excluding carboxylic acids is 1. The zero-order valence-electron chi connectivity index (χ0n) is 14.6. The van der Waals surface area contributed by atoms with Gasteiger partial charge in [-0.2, -0.15) is 0 Å². The summed E-state index contributed by atoms with van der Waals surface area (Å²) < 4.78 is 5.52. The summed E-state index contributed by atoms with van der Waals surface area (Å²) in [5, 5.41) is 6.43. The van der Waals surface area contributed by atoms with Crippen molar-refractivity contribution in [3.05, 3.63) is 70.2 Å². The van der Waals surface area contributed by atoms with E-state index in [1.807, 2.05) is 67.8 Å². The van der Waals surface area contributed by atoms with Crippen molar-refractivity contribution in [2.75, 3.05) is 16.8 Å². The molecule has 6 heteroatoms. The number of amides is 1. The Kier molecular flexibility index (Phi) is 4.34. The molecule has 2 heterocycles. The number of hydrogen-bond acceptors (Lipinski definition) is 5. The molecule has 1 aliphatic heterocycles. The lowest BCUT2D eigenvalue weighted by Gasteiger charge is -2.37. The Morgan fingerprint density at radius 2 is 1.96 bits per heavy atom. The summed E-state index contributed by atoms with van der Waals surface area (Å²) in [4.78, 5) is 19.6. The van der Waals surface area contributed by atoms with Crippen molar-refractivity contribution in [1.82, 2.24) is 4.98 Å². The molecule has 0 fully saturated rings. The van der Waals surface area contributed by atoms with Gasteiger partial charge in [-0.05, 0) is 50.2 Å².